The molecule has 222 valence electrons. The van der Waals surface area contributed by atoms with Gasteiger partial charge in [-0.05, 0) is 50.3 Å². The molecule has 0 spiro atoms. The molecule has 1 aromatic carbocycles. The van der Waals surface area contributed by atoms with E-state index in [0.717, 1.165) is 31.2 Å². The van der Waals surface area contributed by atoms with Gasteiger partial charge in [0, 0.05) is 19.0 Å². The van der Waals surface area contributed by atoms with E-state index in [-0.39, 0.29) is 42.0 Å². The van der Waals surface area contributed by atoms with E-state index in [1.807, 2.05) is 54.0 Å². The number of carbonyl (C=O) groups is 2. The van der Waals surface area contributed by atoms with Crippen molar-refractivity contribution in [3.8, 4) is 0 Å². The number of amides is 2. The summed E-state index contributed by atoms with van der Waals surface area (Å²) in [5.41, 5.74) is 2.17. The third kappa shape index (κ3) is 5.87. The highest BCUT2D eigenvalue weighted by molar-refractivity contribution is 5.95. The van der Waals surface area contributed by atoms with Crippen LogP contribution < -0.4 is 16.0 Å². The minimum atomic E-state index is -0.698. The number of imidazole rings is 1. The Hall–Kier alpha value is -3.87. The van der Waals surface area contributed by atoms with E-state index in [2.05, 4.69) is 30.9 Å². The standard InChI is InChI=1S/C30H37N7O5/c1-2-32-30(40)36-27-24-28(34-16-33-27)37(17-35-24)22-13-20(15-31-14-19-9-6-10-21(19)29(38)39)25-26(22)42-23(41-25)12-11-18-7-4-3-5-8-18/h3-5,7-8,11-12,16-17,19-23,25-26,31H,2,6,9-10,13-15H2,1H3,(H,38,39)(H2,32,33,34,36,40)/t19?,20?,21?,22?,23-,25?,26?/m0/s1. The monoisotopic (exact) mass is 575 g/mol. The molecule has 6 rings (SSSR count). The van der Waals surface area contributed by atoms with Gasteiger partial charge in [0.1, 0.15) is 12.4 Å². The molecule has 3 heterocycles. The van der Waals surface area contributed by atoms with Gasteiger partial charge in [0.15, 0.2) is 23.3 Å². The van der Waals surface area contributed by atoms with E-state index in [0.29, 0.717) is 36.6 Å². The Labute approximate surface area is 243 Å². The normalized spacial score (nSPS) is 28.8. The Morgan fingerprint density at radius 2 is 1.88 bits per heavy atom. The van der Waals surface area contributed by atoms with E-state index < -0.39 is 12.3 Å². The summed E-state index contributed by atoms with van der Waals surface area (Å²) in [6, 6.07) is 9.55. The van der Waals surface area contributed by atoms with Gasteiger partial charge in [0.05, 0.1) is 24.4 Å². The number of ether oxygens (including phenoxy) is 2. The molecule has 1 saturated heterocycles. The number of anilines is 1. The number of urea groups is 1. The SMILES string of the molecule is CCNC(=O)Nc1ncnc2c1ncn2C1CC(CNCC2CCCC2C(=O)O)C2O[C@H](C=Cc3ccccc3)OC21. The number of carbonyl (C=O) groups excluding carboxylic acids is 1. The third-order valence-corrected chi connectivity index (χ3v) is 8.61. The van der Waals surface area contributed by atoms with Crippen molar-refractivity contribution in [2.45, 2.75) is 57.1 Å². The van der Waals surface area contributed by atoms with Crippen LogP contribution in [0.1, 0.15) is 44.2 Å². The molecule has 2 aromatic heterocycles. The molecule has 42 heavy (non-hydrogen) atoms. The topological polar surface area (TPSA) is 153 Å². The molecule has 2 aliphatic carbocycles. The molecular weight excluding hydrogens is 538 g/mol. The van der Waals surface area contributed by atoms with Crippen molar-refractivity contribution in [3.63, 3.8) is 0 Å². The largest absolute Gasteiger partial charge is 0.481 e. The van der Waals surface area contributed by atoms with Crippen LogP contribution in [0.3, 0.4) is 0 Å². The lowest BCUT2D eigenvalue weighted by atomic mass is 9.96. The van der Waals surface area contributed by atoms with Crippen LogP contribution in [-0.2, 0) is 14.3 Å². The average Bonchev–Trinajstić information content (AvgIpc) is 3.77. The van der Waals surface area contributed by atoms with Crippen molar-refractivity contribution in [2.75, 3.05) is 25.0 Å². The first-order chi connectivity index (χ1) is 20.5. The van der Waals surface area contributed by atoms with Gasteiger partial charge in [-0.2, -0.15) is 0 Å². The summed E-state index contributed by atoms with van der Waals surface area (Å²) in [6.45, 7) is 3.69. The molecule has 7 atom stereocenters. The highest BCUT2D eigenvalue weighted by Gasteiger charge is 2.51. The van der Waals surface area contributed by atoms with Gasteiger partial charge in [-0.1, -0.05) is 42.8 Å². The molecule has 6 unspecified atom stereocenters. The number of carboxylic acids is 1. The molecule has 3 aliphatic rings. The fourth-order valence-electron chi connectivity index (χ4n) is 6.64. The maximum absolute atomic E-state index is 12.2. The molecule has 12 nitrogen and oxygen atoms in total. The van der Waals surface area contributed by atoms with Gasteiger partial charge in [-0.3, -0.25) is 10.1 Å². The predicted octanol–water partition coefficient (Wildman–Crippen LogP) is 3.44. The number of nitrogens with one attached hydrogen (secondary N) is 3. The number of aromatic nitrogens is 4. The number of hydrogen-bond donors (Lipinski definition) is 4. The zero-order chi connectivity index (χ0) is 29.1. The minimum absolute atomic E-state index is 0.104. The summed E-state index contributed by atoms with van der Waals surface area (Å²) < 4.78 is 15.0. The number of nitrogens with zero attached hydrogens (tertiary/aromatic N) is 4. The summed E-state index contributed by atoms with van der Waals surface area (Å²) in [4.78, 5) is 37.1. The Kier molecular flexibility index (Phi) is 8.45. The van der Waals surface area contributed by atoms with Crippen LogP contribution in [0.4, 0.5) is 10.6 Å². The molecule has 4 N–H and O–H groups in total. The molecule has 0 radical (unpaired) electrons. The fourth-order valence-corrected chi connectivity index (χ4v) is 6.64. The maximum atomic E-state index is 12.2. The lowest BCUT2D eigenvalue weighted by molar-refractivity contribution is -0.142. The average molecular weight is 576 g/mol. The van der Waals surface area contributed by atoms with Gasteiger partial charge in [-0.25, -0.2) is 19.7 Å². The molecule has 3 aromatic rings. The molecule has 2 amide bonds. The van der Waals surface area contributed by atoms with Gasteiger partial charge in [0.25, 0.3) is 0 Å². The van der Waals surface area contributed by atoms with Gasteiger partial charge in [-0.15, -0.1) is 0 Å². The molecular formula is C30H37N7O5. The number of carboxylic acid groups (broad SMARTS) is 1. The molecule has 12 heteroatoms. The van der Waals surface area contributed by atoms with Crippen LogP contribution in [-0.4, -0.2) is 74.8 Å². The molecule has 3 fully saturated rings. The summed E-state index contributed by atoms with van der Waals surface area (Å²) in [5.74, 6) is -0.362. The van der Waals surface area contributed by atoms with E-state index >= 15 is 0 Å². The predicted molar refractivity (Wildman–Crippen MR) is 156 cm³/mol. The maximum Gasteiger partial charge on any atom is 0.320 e. The van der Waals surface area contributed by atoms with Crippen LogP contribution in [0.5, 0.6) is 0 Å². The minimum Gasteiger partial charge on any atom is -0.481 e. The summed E-state index contributed by atoms with van der Waals surface area (Å²) in [7, 11) is 0. The van der Waals surface area contributed by atoms with Gasteiger partial charge >= 0.3 is 12.0 Å². The van der Waals surface area contributed by atoms with E-state index in [1.165, 1.54) is 6.33 Å². The van der Waals surface area contributed by atoms with E-state index in [9.17, 15) is 14.7 Å². The second kappa shape index (κ2) is 12.6. The number of benzene rings is 1. The van der Waals surface area contributed by atoms with Crippen LogP contribution in [0.25, 0.3) is 17.2 Å². The second-order valence-corrected chi connectivity index (χ2v) is 11.2. The summed E-state index contributed by atoms with van der Waals surface area (Å²) >= 11 is 0. The van der Waals surface area contributed by atoms with Crippen LogP contribution >= 0.6 is 0 Å². The van der Waals surface area contributed by atoms with Gasteiger partial charge in [0.2, 0.25) is 0 Å². The van der Waals surface area contributed by atoms with Crippen molar-refractivity contribution in [2.24, 2.45) is 17.8 Å². The third-order valence-electron chi connectivity index (χ3n) is 8.61. The zero-order valence-electron chi connectivity index (χ0n) is 23.6. The second-order valence-electron chi connectivity index (χ2n) is 11.2. The van der Waals surface area contributed by atoms with E-state index in [1.54, 1.807) is 6.33 Å². The summed E-state index contributed by atoms with van der Waals surface area (Å²) in [6.07, 6.45) is 9.57. The highest BCUT2D eigenvalue weighted by atomic mass is 16.7. The van der Waals surface area contributed by atoms with Gasteiger partial charge < -0.3 is 29.8 Å². The van der Waals surface area contributed by atoms with Crippen molar-refractivity contribution >= 4 is 35.1 Å². The number of fused-ring (bicyclic) bond motifs is 2. The van der Waals surface area contributed by atoms with Crippen LogP contribution in [0.15, 0.2) is 49.1 Å². The molecule has 0 bridgehead atoms. The Morgan fingerprint density at radius 3 is 2.69 bits per heavy atom. The lowest BCUT2D eigenvalue weighted by Gasteiger charge is -2.21. The Bertz CT molecular complexity index is 1430. The summed E-state index contributed by atoms with van der Waals surface area (Å²) in [5, 5.41) is 18.6. The van der Waals surface area contributed by atoms with Crippen molar-refractivity contribution in [1.29, 1.82) is 0 Å². The quantitative estimate of drug-likeness (QED) is 0.285. The Balaban J connectivity index is 1.21. The molecule has 1 aliphatic heterocycles. The molecule has 2 saturated carbocycles. The number of hydrogen-bond acceptors (Lipinski definition) is 8. The van der Waals surface area contributed by atoms with Crippen LogP contribution in [0.2, 0.25) is 0 Å². The lowest BCUT2D eigenvalue weighted by Crippen LogP contribution is -2.35. The first-order valence-electron chi connectivity index (χ1n) is 14.7. The number of aliphatic carboxylic acids is 1. The smallest absolute Gasteiger partial charge is 0.320 e. The first-order valence-corrected chi connectivity index (χ1v) is 14.7. The fraction of sp³-hybridized carbons (Fsp3) is 0.500. The highest BCUT2D eigenvalue weighted by Crippen LogP contribution is 2.45. The Morgan fingerprint density at radius 1 is 1.07 bits per heavy atom. The number of rotatable bonds is 10. The van der Waals surface area contributed by atoms with E-state index in [4.69, 9.17) is 9.47 Å². The van der Waals surface area contributed by atoms with Crippen molar-refractivity contribution in [1.82, 2.24) is 30.2 Å². The zero-order valence-corrected chi connectivity index (χ0v) is 23.6. The van der Waals surface area contributed by atoms with Crippen molar-refractivity contribution < 1.29 is 24.2 Å². The first kappa shape index (κ1) is 28.3. The van der Waals surface area contributed by atoms with Crippen LogP contribution in [0, 0.1) is 17.8 Å². The van der Waals surface area contributed by atoms with Crippen molar-refractivity contribution in [3.05, 3.63) is 54.6 Å².